The fraction of sp³-hybridized carbons (Fsp3) is 0.429. The number of hydrogen-bond donors (Lipinski definition) is 0. The largest absolute Gasteiger partial charge is 0.460 e. The summed E-state index contributed by atoms with van der Waals surface area (Å²) in [6.07, 6.45) is 6.38. The summed E-state index contributed by atoms with van der Waals surface area (Å²) in [6.45, 7) is 10.6. The van der Waals surface area contributed by atoms with Gasteiger partial charge in [0.15, 0.2) is 0 Å². The molecule has 25 heavy (non-hydrogen) atoms. The van der Waals surface area contributed by atoms with E-state index in [1.54, 1.807) is 0 Å². The molecule has 0 aromatic heterocycles. The van der Waals surface area contributed by atoms with Crippen LogP contribution in [0.3, 0.4) is 0 Å². The average Bonchev–Trinajstić information content (AvgIpc) is 3.00. The summed E-state index contributed by atoms with van der Waals surface area (Å²) < 4.78 is 19.1. The van der Waals surface area contributed by atoms with Crippen molar-refractivity contribution in [1.29, 1.82) is 0 Å². The molecular weight excluding hydrogens is 317 g/mol. The third-order valence-electron chi connectivity index (χ3n) is 4.19. The second-order valence-electron chi connectivity index (χ2n) is 7.22. The number of esters is 1. The number of fused-ring (bicyclic) bond motifs is 1. The molecule has 0 atom stereocenters. The molecule has 0 unspecified atom stereocenters. The van der Waals surface area contributed by atoms with Crippen molar-refractivity contribution in [2.45, 2.75) is 59.0 Å². The van der Waals surface area contributed by atoms with Crippen molar-refractivity contribution >= 4 is 18.3 Å². The minimum atomic E-state index is -0.642. The fourth-order valence-electron chi connectivity index (χ4n) is 3.23. The molecule has 1 aromatic carbocycles. The van der Waals surface area contributed by atoms with Crippen molar-refractivity contribution in [3.63, 3.8) is 0 Å². The van der Waals surface area contributed by atoms with Crippen LogP contribution in [0.4, 0.5) is 4.39 Å². The first-order valence-corrected chi connectivity index (χ1v) is 8.61. The predicted octanol–water partition coefficient (Wildman–Crippen LogP) is 4.97. The summed E-state index contributed by atoms with van der Waals surface area (Å²) in [4.78, 5) is 15.7. The number of hydrogen-bond acceptors (Lipinski definition) is 3. The minimum absolute atomic E-state index is 0.185. The van der Waals surface area contributed by atoms with Gasteiger partial charge in [-0.1, -0.05) is 18.2 Å². The van der Waals surface area contributed by atoms with Gasteiger partial charge in [0.25, 0.3) is 0 Å². The molecule has 3 nitrogen and oxygen atoms in total. The van der Waals surface area contributed by atoms with E-state index in [-0.39, 0.29) is 12.4 Å². The Labute approximate surface area is 149 Å². The van der Waals surface area contributed by atoms with E-state index in [0.29, 0.717) is 5.57 Å². The van der Waals surface area contributed by atoms with Crippen LogP contribution in [0.5, 0.6) is 0 Å². The zero-order chi connectivity index (χ0) is 18.6. The summed E-state index contributed by atoms with van der Waals surface area (Å²) in [5, 5.41) is 0. The third-order valence-corrected chi connectivity index (χ3v) is 4.19. The zero-order valence-corrected chi connectivity index (χ0v) is 15.5. The molecule has 2 rings (SSSR count). The Kier molecular flexibility index (Phi) is 5.93. The van der Waals surface area contributed by atoms with Gasteiger partial charge in [-0.15, -0.1) is 0 Å². The second-order valence-corrected chi connectivity index (χ2v) is 7.22. The van der Waals surface area contributed by atoms with Gasteiger partial charge in [-0.05, 0) is 81.5 Å². The van der Waals surface area contributed by atoms with Crippen LogP contribution < -0.4 is 0 Å². The first-order valence-electron chi connectivity index (χ1n) is 8.61. The lowest BCUT2D eigenvalue weighted by atomic mass is 9.90. The van der Waals surface area contributed by atoms with E-state index in [0.717, 1.165) is 30.4 Å². The number of allylic oxidation sites excluding steroid dienone is 3. The van der Waals surface area contributed by atoms with Crippen molar-refractivity contribution in [3.8, 4) is 0 Å². The number of benzene rings is 1. The van der Waals surface area contributed by atoms with E-state index in [9.17, 15) is 9.18 Å². The van der Waals surface area contributed by atoms with E-state index in [1.807, 2.05) is 39.8 Å². The van der Waals surface area contributed by atoms with Crippen molar-refractivity contribution in [3.05, 3.63) is 52.5 Å². The fourth-order valence-corrected chi connectivity index (χ4v) is 3.23. The first-order chi connectivity index (χ1) is 11.7. The molecule has 1 aliphatic carbocycles. The molecule has 0 spiro atoms. The lowest BCUT2D eigenvalue weighted by Crippen LogP contribution is -2.25. The molecule has 0 aliphatic heterocycles. The zero-order valence-electron chi connectivity index (χ0n) is 15.5. The van der Waals surface area contributed by atoms with Crippen LogP contribution in [0, 0.1) is 0 Å². The Morgan fingerprint density at radius 2 is 2.08 bits per heavy atom. The summed E-state index contributed by atoms with van der Waals surface area (Å²) in [5.74, 6) is -0.910. The van der Waals surface area contributed by atoms with Gasteiger partial charge >= 0.3 is 5.97 Å². The molecule has 1 aromatic rings. The summed E-state index contributed by atoms with van der Waals surface area (Å²) in [5.41, 5.74) is 4.42. The molecule has 4 heteroatoms. The Morgan fingerprint density at radius 1 is 1.36 bits per heavy atom. The minimum Gasteiger partial charge on any atom is -0.460 e. The number of ether oxygens (including phenoxy) is 1. The van der Waals surface area contributed by atoms with Crippen molar-refractivity contribution < 1.29 is 13.9 Å². The summed E-state index contributed by atoms with van der Waals surface area (Å²) in [6, 6.07) is 4.04. The van der Waals surface area contributed by atoms with Gasteiger partial charge in [-0.25, -0.2) is 4.99 Å². The molecule has 0 saturated heterocycles. The Morgan fingerprint density at radius 3 is 2.68 bits per heavy atom. The number of carbonyl (C=O) groups excluding carboxylic acids is 1. The molecule has 0 heterocycles. The van der Waals surface area contributed by atoms with Crippen molar-refractivity contribution in [2.75, 3.05) is 0 Å². The van der Waals surface area contributed by atoms with Crippen molar-refractivity contribution in [1.82, 2.24) is 0 Å². The van der Waals surface area contributed by atoms with Gasteiger partial charge in [0.1, 0.15) is 5.60 Å². The maximum atomic E-state index is 13.6. The van der Waals surface area contributed by atoms with Gasteiger partial charge in [-0.2, -0.15) is 4.39 Å². The Balaban J connectivity index is 2.47. The molecule has 0 saturated carbocycles. The quantitative estimate of drug-likeness (QED) is 0.327. The monoisotopic (exact) mass is 343 g/mol. The van der Waals surface area contributed by atoms with Crippen LogP contribution in [-0.2, 0) is 28.8 Å². The Hall–Kier alpha value is -2.23. The van der Waals surface area contributed by atoms with E-state index in [2.05, 4.69) is 17.8 Å². The smallest absolute Gasteiger partial charge is 0.310 e. The van der Waals surface area contributed by atoms with Crippen LogP contribution in [-0.4, -0.2) is 18.3 Å². The lowest BCUT2D eigenvalue weighted by Gasteiger charge is -2.21. The molecule has 134 valence electrons. The van der Waals surface area contributed by atoms with Crippen molar-refractivity contribution in [2.24, 2.45) is 4.99 Å². The highest BCUT2D eigenvalue weighted by atomic mass is 19.1. The first kappa shape index (κ1) is 19.1. The standard InChI is InChI=1S/C21H26FNO2/c1-6-14(12-19(22)23-5)17-11-10-15-8-7-9-16(15)18(17)13-20(24)25-21(2,3)4/h6,10-12H,5,7-9,13H2,1-4H3/b14-6+,19-12-. The predicted molar refractivity (Wildman–Crippen MR) is 100 cm³/mol. The van der Waals surface area contributed by atoms with E-state index in [4.69, 9.17) is 4.74 Å². The van der Waals surface area contributed by atoms with E-state index >= 15 is 0 Å². The summed E-state index contributed by atoms with van der Waals surface area (Å²) in [7, 11) is 0. The van der Waals surface area contributed by atoms with Gasteiger partial charge in [-0.3, -0.25) is 4.79 Å². The molecule has 0 radical (unpaired) electrons. The number of aliphatic imine (C=N–C) groups is 1. The van der Waals surface area contributed by atoms with E-state index < -0.39 is 11.6 Å². The van der Waals surface area contributed by atoms with Crippen LogP contribution in [0.15, 0.2) is 35.2 Å². The van der Waals surface area contributed by atoms with Gasteiger partial charge in [0.2, 0.25) is 5.95 Å². The van der Waals surface area contributed by atoms with Crippen LogP contribution in [0.1, 0.15) is 56.4 Å². The van der Waals surface area contributed by atoms with E-state index in [1.165, 1.54) is 17.2 Å². The number of halogens is 1. The number of aryl methyl sites for hydroxylation is 1. The number of carbonyl (C=O) groups is 1. The van der Waals surface area contributed by atoms with Gasteiger partial charge in [0.05, 0.1) is 6.42 Å². The molecule has 0 fully saturated rings. The second kappa shape index (κ2) is 7.77. The SMILES string of the molecule is C=N/C(F)=C\C(=C/C)c1ccc2c(c1CC(=O)OC(C)(C)C)CCC2. The third kappa shape index (κ3) is 4.88. The Bertz CT molecular complexity index is 739. The maximum Gasteiger partial charge on any atom is 0.310 e. The average molecular weight is 343 g/mol. The molecule has 1 aliphatic rings. The molecule has 0 N–H and O–H groups in total. The maximum absolute atomic E-state index is 13.6. The van der Waals surface area contributed by atoms with Crippen LogP contribution >= 0.6 is 0 Å². The highest BCUT2D eigenvalue weighted by Crippen LogP contribution is 2.33. The van der Waals surface area contributed by atoms with Crippen LogP contribution in [0.25, 0.3) is 5.57 Å². The molecular formula is C21H26FNO2. The number of nitrogens with zero attached hydrogens (tertiary/aromatic N) is 1. The highest BCUT2D eigenvalue weighted by molar-refractivity contribution is 5.82. The van der Waals surface area contributed by atoms with Gasteiger partial charge in [0, 0.05) is 6.08 Å². The van der Waals surface area contributed by atoms with Crippen LogP contribution in [0.2, 0.25) is 0 Å². The highest BCUT2D eigenvalue weighted by Gasteiger charge is 2.23. The molecule has 0 amide bonds. The normalized spacial score (nSPS) is 15.1. The summed E-state index contributed by atoms with van der Waals surface area (Å²) >= 11 is 0. The molecule has 0 bridgehead atoms. The van der Waals surface area contributed by atoms with Gasteiger partial charge < -0.3 is 4.74 Å². The number of rotatable bonds is 5. The topological polar surface area (TPSA) is 38.7 Å². The lowest BCUT2D eigenvalue weighted by molar-refractivity contribution is -0.153.